The molecule has 0 spiro atoms. The van der Waals surface area contributed by atoms with Crippen LogP contribution in [0.5, 0.6) is 0 Å². The topological polar surface area (TPSA) is 47.9 Å². The highest BCUT2D eigenvalue weighted by Crippen LogP contribution is 2.00. The summed E-state index contributed by atoms with van der Waals surface area (Å²) in [5.41, 5.74) is 0.0843. The van der Waals surface area contributed by atoms with Gasteiger partial charge >= 0.3 is 5.97 Å². The molecule has 0 bridgehead atoms. The maximum Gasteiger partial charge on any atom is 0.357 e. The van der Waals surface area contributed by atoms with E-state index in [9.17, 15) is 4.79 Å². The Hall–Kier alpha value is -0.770. The lowest BCUT2D eigenvalue weighted by atomic mass is 10.3. The van der Waals surface area contributed by atoms with E-state index in [1.165, 1.54) is 7.11 Å². The second-order valence-corrected chi connectivity index (χ2v) is 2.65. The zero-order chi connectivity index (χ0) is 9.56. The van der Waals surface area contributed by atoms with Crippen LogP contribution in [0.4, 0.5) is 0 Å². The van der Waals surface area contributed by atoms with Crippen LogP contribution in [0, 0.1) is 0 Å². The molecule has 0 amide bonds. The number of oxime groups is 1. The van der Waals surface area contributed by atoms with Gasteiger partial charge in [-0.25, -0.2) is 4.79 Å². The molecule has 0 saturated heterocycles. The van der Waals surface area contributed by atoms with E-state index < -0.39 is 11.3 Å². The zero-order valence-corrected chi connectivity index (χ0v) is 8.09. The smallest absolute Gasteiger partial charge is 0.357 e. The number of nitrogens with zero attached hydrogens (tertiary/aromatic N) is 1. The SMILES string of the molecule is CCOC(=O)/C(=N/OC)C(C)Cl. The van der Waals surface area contributed by atoms with Gasteiger partial charge in [0.25, 0.3) is 0 Å². The van der Waals surface area contributed by atoms with Gasteiger partial charge < -0.3 is 9.57 Å². The number of carbonyl (C=O) groups is 1. The predicted molar refractivity (Wildman–Crippen MR) is 46.4 cm³/mol. The second kappa shape index (κ2) is 5.83. The van der Waals surface area contributed by atoms with Crippen molar-refractivity contribution in [3.8, 4) is 0 Å². The average Bonchev–Trinajstić information content (AvgIpc) is 1.99. The first-order valence-electron chi connectivity index (χ1n) is 3.55. The van der Waals surface area contributed by atoms with E-state index in [0.29, 0.717) is 6.61 Å². The number of hydrogen-bond acceptors (Lipinski definition) is 4. The van der Waals surface area contributed by atoms with Crippen LogP contribution >= 0.6 is 11.6 Å². The molecule has 5 heteroatoms. The van der Waals surface area contributed by atoms with E-state index in [-0.39, 0.29) is 5.71 Å². The second-order valence-electron chi connectivity index (χ2n) is 2.00. The Bertz CT molecular complexity index is 179. The summed E-state index contributed by atoms with van der Waals surface area (Å²) in [5.74, 6) is -0.540. The summed E-state index contributed by atoms with van der Waals surface area (Å²) in [6.45, 7) is 3.63. The van der Waals surface area contributed by atoms with Crippen molar-refractivity contribution in [3.63, 3.8) is 0 Å². The summed E-state index contributed by atoms with van der Waals surface area (Å²) in [7, 11) is 1.35. The Balaban J connectivity index is 4.30. The Labute approximate surface area is 76.5 Å². The van der Waals surface area contributed by atoms with Crippen LogP contribution in [-0.4, -0.2) is 30.8 Å². The number of alkyl halides is 1. The molecule has 4 nitrogen and oxygen atoms in total. The van der Waals surface area contributed by atoms with Crippen molar-refractivity contribution < 1.29 is 14.4 Å². The van der Waals surface area contributed by atoms with Crippen LogP contribution in [-0.2, 0) is 14.4 Å². The molecule has 0 heterocycles. The van der Waals surface area contributed by atoms with Crippen LogP contribution in [0.2, 0.25) is 0 Å². The maximum atomic E-state index is 11.1. The van der Waals surface area contributed by atoms with Gasteiger partial charge in [-0.3, -0.25) is 0 Å². The van der Waals surface area contributed by atoms with Crippen molar-refractivity contribution in [2.75, 3.05) is 13.7 Å². The molecule has 0 aliphatic carbocycles. The lowest BCUT2D eigenvalue weighted by molar-refractivity contribution is -0.135. The minimum atomic E-state index is -0.540. The molecule has 0 saturated carbocycles. The maximum absolute atomic E-state index is 11.1. The van der Waals surface area contributed by atoms with Crippen molar-refractivity contribution in [1.29, 1.82) is 0 Å². The van der Waals surface area contributed by atoms with Crippen molar-refractivity contribution in [2.24, 2.45) is 5.16 Å². The van der Waals surface area contributed by atoms with Crippen molar-refractivity contribution in [3.05, 3.63) is 0 Å². The highest BCUT2D eigenvalue weighted by Gasteiger charge is 2.18. The molecular weight excluding hydrogens is 182 g/mol. The summed E-state index contributed by atoms with van der Waals surface area (Å²) in [4.78, 5) is 15.5. The first-order valence-corrected chi connectivity index (χ1v) is 3.99. The van der Waals surface area contributed by atoms with Gasteiger partial charge in [0.2, 0.25) is 0 Å². The Kier molecular flexibility index (Phi) is 5.45. The molecule has 70 valence electrons. The van der Waals surface area contributed by atoms with E-state index in [2.05, 4.69) is 14.7 Å². The average molecular weight is 194 g/mol. The molecule has 0 aromatic rings. The van der Waals surface area contributed by atoms with Crippen LogP contribution in [0.3, 0.4) is 0 Å². The van der Waals surface area contributed by atoms with Gasteiger partial charge in [-0.05, 0) is 13.8 Å². The lowest BCUT2D eigenvalue weighted by Gasteiger charge is -2.05. The molecule has 0 fully saturated rings. The number of hydrogen-bond donors (Lipinski definition) is 0. The first kappa shape index (κ1) is 11.2. The number of ether oxygens (including phenoxy) is 1. The van der Waals surface area contributed by atoms with Gasteiger partial charge in [-0.15, -0.1) is 11.6 Å². The third kappa shape index (κ3) is 3.57. The zero-order valence-electron chi connectivity index (χ0n) is 7.33. The largest absolute Gasteiger partial charge is 0.461 e. The minimum Gasteiger partial charge on any atom is -0.461 e. The van der Waals surface area contributed by atoms with E-state index in [1.54, 1.807) is 13.8 Å². The quantitative estimate of drug-likeness (QED) is 0.292. The Morgan fingerprint density at radius 1 is 1.67 bits per heavy atom. The summed E-state index contributed by atoms with van der Waals surface area (Å²) >= 11 is 5.64. The molecule has 1 atom stereocenters. The van der Waals surface area contributed by atoms with Gasteiger partial charge in [0, 0.05) is 0 Å². The Morgan fingerprint density at radius 3 is 2.58 bits per heavy atom. The summed E-state index contributed by atoms with van der Waals surface area (Å²) in [6.07, 6.45) is 0. The number of halogens is 1. The first-order chi connectivity index (χ1) is 5.63. The molecular formula is C7H12ClNO3. The van der Waals surface area contributed by atoms with Gasteiger partial charge in [-0.1, -0.05) is 5.16 Å². The third-order valence-corrected chi connectivity index (χ3v) is 1.26. The third-order valence-electron chi connectivity index (χ3n) is 1.05. The van der Waals surface area contributed by atoms with E-state index in [4.69, 9.17) is 11.6 Å². The monoisotopic (exact) mass is 193 g/mol. The van der Waals surface area contributed by atoms with Crippen molar-refractivity contribution in [2.45, 2.75) is 19.2 Å². The molecule has 12 heavy (non-hydrogen) atoms. The fraction of sp³-hybridized carbons (Fsp3) is 0.714. The van der Waals surface area contributed by atoms with Gasteiger partial charge in [0.1, 0.15) is 7.11 Å². The van der Waals surface area contributed by atoms with Crippen molar-refractivity contribution in [1.82, 2.24) is 0 Å². The molecule has 0 aliphatic heterocycles. The van der Waals surface area contributed by atoms with Crippen molar-refractivity contribution >= 4 is 23.3 Å². The summed E-state index contributed by atoms with van der Waals surface area (Å²) < 4.78 is 4.68. The molecule has 1 unspecified atom stereocenters. The minimum absolute atomic E-state index is 0.0843. The molecule has 0 aromatic heterocycles. The molecule has 0 radical (unpaired) electrons. The van der Waals surface area contributed by atoms with Gasteiger partial charge in [0.15, 0.2) is 5.71 Å². The predicted octanol–water partition coefficient (Wildman–Crippen LogP) is 1.18. The standard InChI is InChI=1S/C7H12ClNO3/c1-4-12-7(10)6(5(2)8)9-11-3/h5H,4H2,1-3H3/b9-6+. The fourth-order valence-electron chi connectivity index (χ4n) is 0.576. The fourth-order valence-corrected chi connectivity index (χ4v) is 0.705. The van der Waals surface area contributed by atoms with Crippen LogP contribution in [0.15, 0.2) is 5.16 Å². The van der Waals surface area contributed by atoms with Crippen LogP contribution < -0.4 is 0 Å². The number of rotatable bonds is 4. The van der Waals surface area contributed by atoms with E-state index >= 15 is 0 Å². The summed E-state index contributed by atoms with van der Waals surface area (Å²) in [6, 6.07) is 0. The van der Waals surface area contributed by atoms with Gasteiger partial charge in [0.05, 0.1) is 12.0 Å². The molecule has 0 aliphatic rings. The van der Waals surface area contributed by atoms with Crippen LogP contribution in [0.1, 0.15) is 13.8 Å². The van der Waals surface area contributed by atoms with E-state index in [1.807, 2.05) is 0 Å². The molecule has 0 rings (SSSR count). The lowest BCUT2D eigenvalue weighted by Crippen LogP contribution is -2.25. The highest BCUT2D eigenvalue weighted by atomic mass is 35.5. The normalized spacial score (nSPS) is 13.8. The Morgan fingerprint density at radius 2 is 2.25 bits per heavy atom. The van der Waals surface area contributed by atoms with Crippen LogP contribution in [0.25, 0.3) is 0 Å². The number of carbonyl (C=O) groups excluding carboxylic acids is 1. The van der Waals surface area contributed by atoms with E-state index in [0.717, 1.165) is 0 Å². The molecule has 0 aromatic carbocycles. The van der Waals surface area contributed by atoms with Gasteiger partial charge in [-0.2, -0.15) is 0 Å². The number of esters is 1. The summed E-state index contributed by atoms with van der Waals surface area (Å²) in [5, 5.41) is 2.94. The highest BCUT2D eigenvalue weighted by molar-refractivity contribution is 6.49. The molecule has 0 N–H and O–H groups in total.